The Bertz CT molecular complexity index is 4060. The molecule has 0 bridgehead atoms. The molecule has 0 saturated carbocycles. The molecule has 0 saturated heterocycles. The molecule has 0 N–H and O–H groups in total. The summed E-state index contributed by atoms with van der Waals surface area (Å²) in [5, 5.41) is 13.0. The van der Waals surface area contributed by atoms with Gasteiger partial charge in [-0.05, 0) is 87.6 Å². The minimum atomic E-state index is -0.161. The summed E-state index contributed by atoms with van der Waals surface area (Å²) in [6.07, 6.45) is 4.10. The highest BCUT2D eigenvalue weighted by molar-refractivity contribution is 6.22. The first-order chi connectivity index (χ1) is 32.2. The van der Waals surface area contributed by atoms with Gasteiger partial charge in [-0.15, -0.1) is 0 Å². The molecule has 12 aromatic rings. The molecule has 3 atom stereocenters. The van der Waals surface area contributed by atoms with Crippen LogP contribution < -0.4 is 0 Å². The van der Waals surface area contributed by atoms with Crippen LogP contribution in [0.3, 0.4) is 0 Å². The summed E-state index contributed by atoms with van der Waals surface area (Å²) < 4.78 is 16.4. The maximum atomic E-state index is 7.15. The van der Waals surface area contributed by atoms with Gasteiger partial charge in [0.25, 0.3) is 0 Å². The second-order valence-electron chi connectivity index (χ2n) is 17.9. The van der Waals surface area contributed by atoms with Crippen molar-refractivity contribution in [2.24, 2.45) is 21.8 Å². The highest BCUT2D eigenvalue weighted by Gasteiger charge is 2.40. The normalized spacial score (nSPS) is 17.7. The van der Waals surface area contributed by atoms with Gasteiger partial charge >= 0.3 is 0 Å². The van der Waals surface area contributed by atoms with Gasteiger partial charge in [0.15, 0.2) is 11.6 Å². The number of nitrogens with zero attached hydrogens (tertiary/aromatic N) is 3. The fourth-order valence-corrected chi connectivity index (χ4v) is 11.3. The third kappa shape index (κ3) is 5.45. The first kappa shape index (κ1) is 36.5. The summed E-state index contributed by atoms with van der Waals surface area (Å²) in [4.78, 5) is 11.4. The van der Waals surface area contributed by atoms with Crippen molar-refractivity contribution in [2.75, 3.05) is 0 Å². The molecule has 0 fully saturated rings. The van der Waals surface area contributed by atoms with E-state index < -0.39 is 0 Å². The molecule has 3 aromatic heterocycles. The van der Waals surface area contributed by atoms with E-state index in [2.05, 4.69) is 193 Å². The van der Waals surface area contributed by atoms with E-state index in [1.807, 2.05) is 6.07 Å². The van der Waals surface area contributed by atoms with Gasteiger partial charge in [-0.3, -0.25) is 4.99 Å². The molecule has 65 heavy (non-hydrogen) atoms. The van der Waals surface area contributed by atoms with Gasteiger partial charge in [-0.25, -0.2) is 4.99 Å². The van der Waals surface area contributed by atoms with E-state index in [0.717, 1.165) is 90.9 Å². The molecule has 1 aliphatic heterocycles. The number of hydrogen-bond donors (Lipinski definition) is 0. The summed E-state index contributed by atoms with van der Waals surface area (Å²) in [5.41, 5.74) is 10.3. The topological polar surface area (TPSA) is 55.9 Å². The molecule has 0 spiro atoms. The second-order valence-corrected chi connectivity index (χ2v) is 17.9. The molecule has 4 heterocycles. The predicted octanol–water partition coefficient (Wildman–Crippen LogP) is 15.3. The molecular weight excluding hydrogens is 795 g/mol. The molecule has 0 amide bonds. The maximum Gasteiger partial charge on any atom is 0.155 e. The SMILES string of the molecule is CCC1C(c2cccc3c2oc2ccccc23)=NC(c2ccc3ccccc3c2)=NC1C1C=C(n2c3ccccc3c3cc4ccccc4cc32)c2oc3ccc4ccccc4c3c2C1. The zero-order chi connectivity index (χ0) is 42.8. The molecule has 14 rings (SSSR count). The van der Waals surface area contributed by atoms with Crippen LogP contribution in [0.1, 0.15) is 35.8 Å². The Morgan fingerprint density at radius 2 is 1.25 bits per heavy atom. The van der Waals surface area contributed by atoms with Gasteiger partial charge in [-0.1, -0.05) is 153 Å². The van der Waals surface area contributed by atoms with Gasteiger partial charge in [0.2, 0.25) is 0 Å². The number of fused-ring (bicyclic) bond motifs is 13. The predicted molar refractivity (Wildman–Crippen MR) is 270 cm³/mol. The minimum Gasteiger partial charge on any atom is -0.455 e. The first-order valence-corrected chi connectivity index (χ1v) is 22.8. The Hall–Kier alpha value is -8.02. The molecule has 5 nitrogen and oxygen atoms in total. The van der Waals surface area contributed by atoms with Crippen LogP contribution in [0.25, 0.3) is 92.7 Å². The number of aromatic nitrogens is 1. The monoisotopic (exact) mass is 835 g/mol. The van der Waals surface area contributed by atoms with Crippen molar-refractivity contribution in [1.29, 1.82) is 0 Å². The van der Waals surface area contributed by atoms with Crippen molar-refractivity contribution in [3.05, 3.63) is 211 Å². The maximum absolute atomic E-state index is 7.15. The van der Waals surface area contributed by atoms with Crippen LogP contribution in [0.15, 0.2) is 207 Å². The third-order valence-corrected chi connectivity index (χ3v) is 14.3. The fourth-order valence-electron chi connectivity index (χ4n) is 11.3. The van der Waals surface area contributed by atoms with E-state index in [1.165, 1.54) is 48.7 Å². The van der Waals surface area contributed by atoms with Gasteiger partial charge in [0.05, 0.1) is 28.5 Å². The molecule has 308 valence electrons. The van der Waals surface area contributed by atoms with E-state index in [9.17, 15) is 0 Å². The van der Waals surface area contributed by atoms with Crippen molar-refractivity contribution in [3.8, 4) is 0 Å². The van der Waals surface area contributed by atoms with Crippen molar-refractivity contribution in [1.82, 2.24) is 4.57 Å². The van der Waals surface area contributed by atoms with Gasteiger partial charge in [0.1, 0.15) is 16.7 Å². The second kappa shape index (κ2) is 14.0. The Labute approximate surface area is 374 Å². The van der Waals surface area contributed by atoms with Gasteiger partial charge in [-0.2, -0.15) is 0 Å². The number of para-hydroxylation sites is 3. The van der Waals surface area contributed by atoms with Crippen LogP contribution in [0.4, 0.5) is 0 Å². The van der Waals surface area contributed by atoms with Crippen LogP contribution in [0.2, 0.25) is 0 Å². The quantitative estimate of drug-likeness (QED) is 0.173. The van der Waals surface area contributed by atoms with E-state index >= 15 is 0 Å². The van der Waals surface area contributed by atoms with E-state index in [1.54, 1.807) is 0 Å². The van der Waals surface area contributed by atoms with Crippen molar-refractivity contribution in [2.45, 2.75) is 25.8 Å². The largest absolute Gasteiger partial charge is 0.455 e. The lowest BCUT2D eigenvalue weighted by molar-refractivity contribution is 0.402. The minimum absolute atomic E-state index is 0.0147. The fraction of sp³-hybridized carbons (Fsp3) is 0.100. The average molecular weight is 836 g/mol. The Morgan fingerprint density at radius 1 is 0.554 bits per heavy atom. The number of benzene rings is 9. The lowest BCUT2D eigenvalue weighted by Crippen LogP contribution is -2.39. The standard InChI is InChI=1S/C60H41N3O2/c1-2-42-56(61-60(40-27-26-35-14-3-4-16-37(35)30-40)62-57(42)47-23-13-22-46-45-21-10-12-25-53(45)64-58(46)47)41-32-49-55-43-19-8-7-15-36(43)28-29-54(55)65-59(49)52(34-41)63-50-24-11-9-20-44(50)48-31-38-17-5-6-18-39(38)33-51(48)63/h3-31,33-34,41-42,56H,2,32H2,1H3. The highest BCUT2D eigenvalue weighted by atomic mass is 16.3. The summed E-state index contributed by atoms with van der Waals surface area (Å²) >= 11 is 0. The van der Waals surface area contributed by atoms with Crippen LogP contribution in [0.5, 0.6) is 0 Å². The summed E-state index contributed by atoms with van der Waals surface area (Å²) in [7, 11) is 0. The summed E-state index contributed by atoms with van der Waals surface area (Å²) in [6, 6.07) is 65.2. The number of amidine groups is 1. The van der Waals surface area contributed by atoms with Gasteiger partial charge < -0.3 is 13.4 Å². The molecule has 2 aliphatic rings. The Kier molecular flexibility index (Phi) is 7.85. The Balaban J connectivity index is 1.05. The first-order valence-electron chi connectivity index (χ1n) is 22.8. The summed E-state index contributed by atoms with van der Waals surface area (Å²) in [6.45, 7) is 2.29. The van der Waals surface area contributed by atoms with E-state index in [0.29, 0.717) is 0 Å². The number of rotatable bonds is 5. The van der Waals surface area contributed by atoms with Crippen molar-refractivity contribution < 1.29 is 8.83 Å². The zero-order valence-electron chi connectivity index (χ0n) is 35.7. The van der Waals surface area contributed by atoms with Crippen LogP contribution in [0, 0.1) is 11.8 Å². The molecule has 1 aliphatic carbocycles. The smallest absolute Gasteiger partial charge is 0.155 e. The zero-order valence-corrected chi connectivity index (χ0v) is 35.7. The van der Waals surface area contributed by atoms with Crippen molar-refractivity contribution >= 4 is 104 Å². The van der Waals surface area contributed by atoms with Crippen molar-refractivity contribution in [3.63, 3.8) is 0 Å². The Morgan fingerprint density at radius 3 is 2.09 bits per heavy atom. The van der Waals surface area contributed by atoms with E-state index in [-0.39, 0.29) is 17.9 Å². The van der Waals surface area contributed by atoms with Crippen LogP contribution >= 0.6 is 0 Å². The molecule has 9 aromatic carbocycles. The summed E-state index contributed by atoms with van der Waals surface area (Å²) in [5.74, 6) is 1.64. The lowest BCUT2D eigenvalue weighted by atomic mass is 9.75. The lowest BCUT2D eigenvalue weighted by Gasteiger charge is -2.35. The van der Waals surface area contributed by atoms with Crippen LogP contribution in [-0.2, 0) is 6.42 Å². The number of aliphatic imine (C=N–C) groups is 2. The van der Waals surface area contributed by atoms with Crippen LogP contribution in [-0.4, -0.2) is 22.2 Å². The third-order valence-electron chi connectivity index (χ3n) is 14.3. The van der Waals surface area contributed by atoms with E-state index in [4.69, 9.17) is 18.8 Å². The number of furan rings is 2. The molecule has 5 heteroatoms. The number of hydrogen-bond acceptors (Lipinski definition) is 4. The molecule has 0 radical (unpaired) electrons. The molecular formula is C60H41N3O2. The van der Waals surface area contributed by atoms with Gasteiger partial charge in [0, 0.05) is 55.5 Å². The highest BCUT2D eigenvalue weighted by Crippen LogP contribution is 2.47. The molecule has 3 unspecified atom stereocenters. The average Bonchev–Trinajstić information content (AvgIpc) is 4.04.